The van der Waals surface area contributed by atoms with Crippen LogP contribution in [0.5, 0.6) is 0 Å². The summed E-state index contributed by atoms with van der Waals surface area (Å²) in [5, 5.41) is 18.7. The molecule has 2 rings (SSSR count). The monoisotopic (exact) mass is 288 g/mol. The van der Waals surface area contributed by atoms with Gasteiger partial charge in [0.1, 0.15) is 12.3 Å². The first-order valence-electron chi connectivity index (χ1n) is 5.84. The zero-order valence-corrected chi connectivity index (χ0v) is 11.2. The third-order valence-corrected chi connectivity index (χ3v) is 3.64. The fraction of sp³-hybridized carbons (Fsp3) is 0.636. The number of hydrogen-bond acceptors (Lipinski definition) is 6. The van der Waals surface area contributed by atoms with Crippen LogP contribution >= 0.6 is 11.8 Å². The average Bonchev–Trinajstić information content (AvgIpc) is 2.74. The Kier molecular flexibility index (Phi) is 4.46. The van der Waals surface area contributed by atoms with Gasteiger partial charge in [0, 0.05) is 23.9 Å². The molecule has 1 aromatic heterocycles. The minimum Gasteiger partial charge on any atom is -0.394 e. The van der Waals surface area contributed by atoms with Crippen LogP contribution in [-0.4, -0.2) is 44.8 Å². The minimum absolute atomic E-state index is 0.204. The fourth-order valence-electron chi connectivity index (χ4n) is 2.05. The second-order valence-electron chi connectivity index (χ2n) is 4.37. The van der Waals surface area contributed by atoms with Crippen molar-refractivity contribution in [2.24, 2.45) is 0 Å². The number of nitrogens with one attached hydrogen (secondary N) is 1. The highest BCUT2D eigenvalue weighted by molar-refractivity contribution is 7.97. The van der Waals surface area contributed by atoms with E-state index in [-0.39, 0.29) is 13.0 Å². The summed E-state index contributed by atoms with van der Waals surface area (Å²) < 4.78 is 6.65. The van der Waals surface area contributed by atoms with Gasteiger partial charge in [0.15, 0.2) is 0 Å². The number of aromatic amines is 1. The Morgan fingerprint density at radius 2 is 2.32 bits per heavy atom. The Morgan fingerprint density at radius 1 is 1.58 bits per heavy atom. The molecule has 19 heavy (non-hydrogen) atoms. The lowest BCUT2D eigenvalue weighted by Crippen LogP contribution is -2.34. The van der Waals surface area contributed by atoms with Crippen molar-refractivity contribution in [1.29, 1.82) is 0 Å². The van der Waals surface area contributed by atoms with Crippen molar-refractivity contribution in [2.75, 3.05) is 12.9 Å². The third-order valence-electron chi connectivity index (χ3n) is 3.04. The molecule has 0 aromatic carbocycles. The first-order chi connectivity index (χ1) is 9.06. The van der Waals surface area contributed by atoms with Crippen molar-refractivity contribution < 1.29 is 14.9 Å². The molecule has 1 aliphatic heterocycles. The molecule has 0 aliphatic carbocycles. The average molecular weight is 288 g/mol. The summed E-state index contributed by atoms with van der Waals surface area (Å²) in [6, 6.07) is 0. The first-order valence-corrected chi connectivity index (χ1v) is 7.24. The van der Waals surface area contributed by atoms with Gasteiger partial charge < -0.3 is 14.9 Å². The lowest BCUT2D eigenvalue weighted by molar-refractivity contribution is -0.0459. The standard InChI is InChI=1S/C11H16N2O5S/c1-19-5-6-3-13(11(17)12-10(6)16)9-2-7(15)8(4-14)18-9/h3,7-9,14-15H,2,4-5H2,1H3,(H,12,16,17)/t7-,8+,9+/m1/s1. The summed E-state index contributed by atoms with van der Waals surface area (Å²) in [6.07, 6.45) is 1.32. The minimum atomic E-state index is -0.821. The van der Waals surface area contributed by atoms with E-state index in [1.807, 2.05) is 6.26 Å². The van der Waals surface area contributed by atoms with E-state index in [1.54, 1.807) is 0 Å². The number of aromatic nitrogens is 2. The highest BCUT2D eigenvalue weighted by atomic mass is 32.2. The van der Waals surface area contributed by atoms with Gasteiger partial charge in [-0.1, -0.05) is 0 Å². The lowest BCUT2D eigenvalue weighted by atomic mass is 10.2. The van der Waals surface area contributed by atoms with Gasteiger partial charge >= 0.3 is 5.69 Å². The number of aliphatic hydroxyl groups is 2. The fourth-order valence-corrected chi connectivity index (χ4v) is 2.57. The van der Waals surface area contributed by atoms with Crippen molar-refractivity contribution in [3.8, 4) is 0 Å². The molecule has 3 N–H and O–H groups in total. The normalized spacial score (nSPS) is 26.8. The summed E-state index contributed by atoms with van der Waals surface area (Å²) >= 11 is 1.47. The Bertz CT molecular complexity index is 555. The smallest absolute Gasteiger partial charge is 0.330 e. The van der Waals surface area contributed by atoms with Crippen LogP contribution in [0.1, 0.15) is 18.2 Å². The van der Waals surface area contributed by atoms with Crippen LogP contribution in [0.15, 0.2) is 15.8 Å². The number of nitrogens with zero attached hydrogens (tertiary/aromatic N) is 1. The van der Waals surface area contributed by atoms with Crippen LogP contribution in [0.4, 0.5) is 0 Å². The van der Waals surface area contributed by atoms with E-state index >= 15 is 0 Å². The summed E-state index contributed by atoms with van der Waals surface area (Å²) in [7, 11) is 0. The SMILES string of the molecule is CSCc1cn([C@@H]2C[C@@H](O)[C@H](CO)O2)c(=O)[nH]c1=O. The quantitative estimate of drug-likeness (QED) is 0.659. The van der Waals surface area contributed by atoms with Gasteiger partial charge in [0.05, 0.1) is 12.7 Å². The predicted octanol–water partition coefficient (Wildman–Crippen LogP) is -0.960. The van der Waals surface area contributed by atoms with E-state index in [9.17, 15) is 14.7 Å². The summed E-state index contributed by atoms with van der Waals surface area (Å²) in [6.45, 7) is -0.312. The molecular formula is C11H16N2O5S. The van der Waals surface area contributed by atoms with Crippen LogP contribution in [-0.2, 0) is 10.5 Å². The Hall–Kier alpha value is -1.09. The van der Waals surface area contributed by atoms with E-state index in [0.29, 0.717) is 11.3 Å². The molecule has 8 heteroatoms. The number of rotatable bonds is 4. The maximum atomic E-state index is 11.8. The molecular weight excluding hydrogens is 272 g/mol. The van der Waals surface area contributed by atoms with Gasteiger partial charge in [0.25, 0.3) is 5.56 Å². The number of hydrogen-bond donors (Lipinski definition) is 3. The molecule has 0 unspecified atom stereocenters. The molecule has 0 spiro atoms. The molecule has 7 nitrogen and oxygen atoms in total. The van der Waals surface area contributed by atoms with E-state index in [4.69, 9.17) is 9.84 Å². The molecule has 1 fully saturated rings. The second kappa shape index (κ2) is 5.91. The van der Waals surface area contributed by atoms with Crippen LogP contribution in [0.2, 0.25) is 0 Å². The van der Waals surface area contributed by atoms with Crippen molar-refractivity contribution in [3.05, 3.63) is 32.6 Å². The lowest BCUT2D eigenvalue weighted by Gasteiger charge is -2.15. The molecule has 0 amide bonds. The molecule has 2 heterocycles. The van der Waals surface area contributed by atoms with Crippen LogP contribution < -0.4 is 11.2 Å². The van der Waals surface area contributed by atoms with Gasteiger partial charge in [-0.3, -0.25) is 14.3 Å². The van der Waals surface area contributed by atoms with Crippen LogP contribution in [0.3, 0.4) is 0 Å². The molecule has 0 bridgehead atoms. The Morgan fingerprint density at radius 3 is 2.89 bits per heavy atom. The second-order valence-corrected chi connectivity index (χ2v) is 5.23. The van der Waals surface area contributed by atoms with Crippen molar-refractivity contribution >= 4 is 11.8 Å². The molecule has 0 radical (unpaired) electrons. The molecule has 3 atom stereocenters. The molecule has 1 saturated heterocycles. The number of H-pyrrole nitrogens is 1. The van der Waals surface area contributed by atoms with Crippen LogP contribution in [0, 0.1) is 0 Å². The highest BCUT2D eigenvalue weighted by Gasteiger charge is 2.35. The zero-order chi connectivity index (χ0) is 14.0. The first kappa shape index (κ1) is 14.3. The zero-order valence-electron chi connectivity index (χ0n) is 10.4. The van der Waals surface area contributed by atoms with E-state index in [2.05, 4.69) is 4.98 Å². The maximum absolute atomic E-state index is 11.8. The van der Waals surface area contributed by atoms with Gasteiger partial charge in [-0.2, -0.15) is 11.8 Å². The molecule has 1 aromatic rings. The highest BCUT2D eigenvalue weighted by Crippen LogP contribution is 2.27. The largest absolute Gasteiger partial charge is 0.394 e. The van der Waals surface area contributed by atoms with Crippen molar-refractivity contribution in [1.82, 2.24) is 9.55 Å². The predicted molar refractivity (Wildman–Crippen MR) is 70.2 cm³/mol. The molecule has 1 aliphatic rings. The van der Waals surface area contributed by atoms with Gasteiger partial charge in [-0.15, -0.1) is 0 Å². The summed E-state index contributed by atoms with van der Waals surface area (Å²) in [5.74, 6) is 0.480. The van der Waals surface area contributed by atoms with E-state index in [1.165, 1.54) is 22.5 Å². The van der Waals surface area contributed by atoms with Gasteiger partial charge in [-0.05, 0) is 6.26 Å². The van der Waals surface area contributed by atoms with Crippen molar-refractivity contribution in [2.45, 2.75) is 30.6 Å². The van der Waals surface area contributed by atoms with E-state index in [0.717, 1.165) is 0 Å². The summed E-state index contributed by atoms with van der Waals surface area (Å²) in [5.41, 5.74) is -0.517. The van der Waals surface area contributed by atoms with Gasteiger partial charge in [0.2, 0.25) is 0 Å². The van der Waals surface area contributed by atoms with E-state index < -0.39 is 29.7 Å². The third kappa shape index (κ3) is 2.92. The topological polar surface area (TPSA) is 105 Å². The number of thioether (sulfide) groups is 1. The number of aliphatic hydroxyl groups excluding tert-OH is 2. The number of ether oxygens (including phenoxy) is 1. The summed E-state index contributed by atoms with van der Waals surface area (Å²) in [4.78, 5) is 25.6. The molecule has 0 saturated carbocycles. The maximum Gasteiger partial charge on any atom is 0.330 e. The Labute approximate surface area is 113 Å². The molecule has 106 valence electrons. The Balaban J connectivity index is 2.33. The van der Waals surface area contributed by atoms with Crippen LogP contribution in [0.25, 0.3) is 0 Å². The van der Waals surface area contributed by atoms with Gasteiger partial charge in [-0.25, -0.2) is 4.79 Å². The van der Waals surface area contributed by atoms with Crippen molar-refractivity contribution in [3.63, 3.8) is 0 Å².